The van der Waals surface area contributed by atoms with Crippen LogP contribution in [0, 0.1) is 0 Å². The van der Waals surface area contributed by atoms with Gasteiger partial charge in [0.15, 0.2) is 0 Å². The van der Waals surface area contributed by atoms with Crippen LogP contribution < -0.4 is 16.0 Å². The van der Waals surface area contributed by atoms with Crippen LogP contribution >= 0.6 is 0 Å². The fourth-order valence-electron chi connectivity index (χ4n) is 1.78. The molecule has 2 rings (SSSR count). The highest BCUT2D eigenvalue weighted by Gasteiger charge is 2.22. The number of rotatable bonds is 1. The van der Waals surface area contributed by atoms with E-state index in [0.717, 1.165) is 12.4 Å². The Labute approximate surface area is 107 Å². The highest BCUT2D eigenvalue weighted by atomic mass is 16.2. The van der Waals surface area contributed by atoms with Gasteiger partial charge in [0.2, 0.25) is 5.91 Å². The first kappa shape index (κ1) is 12.6. The Balaban J connectivity index is 2.33. The fourth-order valence-corrected chi connectivity index (χ4v) is 1.78. The monoisotopic (exact) mass is 249 g/mol. The van der Waals surface area contributed by atoms with Gasteiger partial charge in [0.1, 0.15) is 17.5 Å². The Kier molecular flexibility index (Phi) is 3.11. The van der Waals surface area contributed by atoms with E-state index in [9.17, 15) is 4.79 Å². The molecule has 1 aromatic heterocycles. The van der Waals surface area contributed by atoms with E-state index in [1.54, 1.807) is 6.07 Å². The van der Waals surface area contributed by atoms with Gasteiger partial charge < -0.3 is 16.0 Å². The molecule has 1 fully saturated rings. The molecule has 0 unspecified atom stereocenters. The molecule has 1 saturated heterocycles. The van der Waals surface area contributed by atoms with Crippen LogP contribution in [-0.4, -0.2) is 35.5 Å². The average molecular weight is 249 g/mol. The minimum Gasteiger partial charge on any atom is -0.384 e. The molecule has 6 heteroatoms. The van der Waals surface area contributed by atoms with E-state index in [1.165, 1.54) is 0 Å². The summed E-state index contributed by atoms with van der Waals surface area (Å²) in [6.07, 6.45) is 0. The van der Waals surface area contributed by atoms with Crippen molar-refractivity contribution in [3.63, 3.8) is 0 Å². The number of carbonyl (C=O) groups is 1. The van der Waals surface area contributed by atoms with Gasteiger partial charge in [0.25, 0.3) is 0 Å². The summed E-state index contributed by atoms with van der Waals surface area (Å²) in [6, 6.07) is 1.72. The van der Waals surface area contributed by atoms with Gasteiger partial charge in [-0.1, -0.05) is 20.8 Å². The van der Waals surface area contributed by atoms with E-state index in [2.05, 4.69) is 15.3 Å². The average Bonchev–Trinajstić information content (AvgIpc) is 2.27. The quantitative estimate of drug-likeness (QED) is 0.747. The van der Waals surface area contributed by atoms with Crippen LogP contribution in [-0.2, 0) is 10.2 Å². The number of hydrogen-bond acceptors (Lipinski definition) is 5. The second kappa shape index (κ2) is 4.44. The summed E-state index contributed by atoms with van der Waals surface area (Å²) in [4.78, 5) is 22.1. The summed E-state index contributed by atoms with van der Waals surface area (Å²) in [5, 5.41) is 2.79. The largest absolute Gasteiger partial charge is 0.384 e. The molecule has 1 amide bonds. The Hall–Kier alpha value is -1.85. The maximum Gasteiger partial charge on any atom is 0.239 e. The molecule has 0 aromatic carbocycles. The van der Waals surface area contributed by atoms with Gasteiger partial charge in [0.05, 0.1) is 6.54 Å². The van der Waals surface area contributed by atoms with Gasteiger partial charge in [-0.2, -0.15) is 0 Å². The number of aromatic nitrogens is 2. The highest BCUT2D eigenvalue weighted by molar-refractivity contribution is 5.82. The van der Waals surface area contributed by atoms with Crippen LogP contribution in [0.25, 0.3) is 0 Å². The molecule has 1 aliphatic heterocycles. The van der Waals surface area contributed by atoms with E-state index in [-0.39, 0.29) is 11.3 Å². The fraction of sp³-hybridized carbons (Fsp3) is 0.583. The van der Waals surface area contributed by atoms with E-state index >= 15 is 0 Å². The van der Waals surface area contributed by atoms with Crippen LogP contribution in [0.4, 0.5) is 11.6 Å². The molecule has 0 atom stereocenters. The Morgan fingerprint density at radius 1 is 1.39 bits per heavy atom. The Morgan fingerprint density at radius 2 is 2.11 bits per heavy atom. The number of hydrogen-bond donors (Lipinski definition) is 2. The molecule has 0 saturated carbocycles. The number of anilines is 2. The normalized spacial score (nSPS) is 16.6. The number of nitrogens with zero attached hydrogens (tertiary/aromatic N) is 3. The molecular formula is C12H19N5O. The Morgan fingerprint density at radius 3 is 2.72 bits per heavy atom. The van der Waals surface area contributed by atoms with Crippen LogP contribution in [0.1, 0.15) is 26.6 Å². The third-order valence-electron chi connectivity index (χ3n) is 2.77. The van der Waals surface area contributed by atoms with Crippen LogP contribution in [0.3, 0.4) is 0 Å². The lowest BCUT2D eigenvalue weighted by molar-refractivity contribution is -0.120. The van der Waals surface area contributed by atoms with Crippen molar-refractivity contribution in [1.82, 2.24) is 15.3 Å². The summed E-state index contributed by atoms with van der Waals surface area (Å²) in [6.45, 7) is 7.80. The van der Waals surface area contributed by atoms with Gasteiger partial charge in [-0.3, -0.25) is 4.79 Å². The molecule has 18 heavy (non-hydrogen) atoms. The van der Waals surface area contributed by atoms with Crippen LogP contribution in [0.15, 0.2) is 6.07 Å². The first-order chi connectivity index (χ1) is 8.36. The molecule has 3 N–H and O–H groups in total. The molecule has 1 aromatic rings. The van der Waals surface area contributed by atoms with Crippen molar-refractivity contribution >= 4 is 17.5 Å². The summed E-state index contributed by atoms with van der Waals surface area (Å²) < 4.78 is 0. The molecule has 0 radical (unpaired) electrons. The topological polar surface area (TPSA) is 84.1 Å². The van der Waals surface area contributed by atoms with Crippen molar-refractivity contribution < 1.29 is 4.79 Å². The van der Waals surface area contributed by atoms with Crippen molar-refractivity contribution in [3.8, 4) is 0 Å². The van der Waals surface area contributed by atoms with E-state index in [4.69, 9.17) is 5.73 Å². The molecule has 1 aliphatic rings. The minimum atomic E-state index is -0.165. The SMILES string of the molecule is CC(C)(C)c1nc(N)cc(N2CCNC(=O)C2)n1. The summed E-state index contributed by atoms with van der Waals surface area (Å²) in [5.74, 6) is 1.87. The van der Waals surface area contributed by atoms with Crippen molar-refractivity contribution in [2.45, 2.75) is 26.2 Å². The smallest absolute Gasteiger partial charge is 0.239 e. The predicted octanol–water partition coefficient (Wildman–Crippen LogP) is 0.293. The number of carbonyl (C=O) groups excluding carboxylic acids is 1. The zero-order valence-electron chi connectivity index (χ0n) is 11.0. The van der Waals surface area contributed by atoms with E-state index in [0.29, 0.717) is 24.7 Å². The lowest BCUT2D eigenvalue weighted by Gasteiger charge is -2.29. The van der Waals surface area contributed by atoms with Crippen molar-refractivity contribution in [2.75, 3.05) is 30.3 Å². The summed E-state index contributed by atoms with van der Waals surface area (Å²) in [5.41, 5.74) is 5.65. The van der Waals surface area contributed by atoms with Crippen LogP contribution in [0.2, 0.25) is 0 Å². The molecule has 0 aliphatic carbocycles. The molecule has 98 valence electrons. The zero-order valence-corrected chi connectivity index (χ0v) is 11.0. The maximum absolute atomic E-state index is 11.4. The number of nitrogen functional groups attached to an aromatic ring is 1. The maximum atomic E-state index is 11.4. The van der Waals surface area contributed by atoms with Gasteiger partial charge in [-0.15, -0.1) is 0 Å². The minimum absolute atomic E-state index is 0.00995. The standard InChI is InChI=1S/C12H19N5O/c1-12(2,3)11-15-8(13)6-9(16-11)17-5-4-14-10(18)7-17/h6H,4-5,7H2,1-3H3,(H,14,18)(H2,13,15,16). The van der Waals surface area contributed by atoms with E-state index < -0.39 is 0 Å². The van der Waals surface area contributed by atoms with E-state index in [1.807, 2.05) is 25.7 Å². The lowest BCUT2D eigenvalue weighted by atomic mass is 9.96. The lowest BCUT2D eigenvalue weighted by Crippen LogP contribution is -2.48. The molecule has 0 spiro atoms. The first-order valence-corrected chi connectivity index (χ1v) is 6.03. The van der Waals surface area contributed by atoms with Gasteiger partial charge in [-0.05, 0) is 0 Å². The number of nitrogens with one attached hydrogen (secondary N) is 1. The first-order valence-electron chi connectivity index (χ1n) is 6.03. The zero-order chi connectivity index (χ0) is 13.3. The summed E-state index contributed by atoms with van der Waals surface area (Å²) in [7, 11) is 0. The summed E-state index contributed by atoms with van der Waals surface area (Å²) >= 11 is 0. The predicted molar refractivity (Wildman–Crippen MR) is 70.4 cm³/mol. The molecule has 6 nitrogen and oxygen atoms in total. The molecule has 2 heterocycles. The third-order valence-corrected chi connectivity index (χ3v) is 2.77. The second-order valence-electron chi connectivity index (χ2n) is 5.50. The number of amides is 1. The van der Waals surface area contributed by atoms with Crippen molar-refractivity contribution in [2.24, 2.45) is 0 Å². The van der Waals surface area contributed by atoms with Crippen molar-refractivity contribution in [1.29, 1.82) is 0 Å². The van der Waals surface area contributed by atoms with Gasteiger partial charge in [-0.25, -0.2) is 9.97 Å². The third kappa shape index (κ3) is 2.69. The number of piperazine rings is 1. The Bertz CT molecular complexity index is 466. The molecule has 0 bridgehead atoms. The van der Waals surface area contributed by atoms with Crippen molar-refractivity contribution in [3.05, 3.63) is 11.9 Å². The van der Waals surface area contributed by atoms with Gasteiger partial charge in [0, 0.05) is 24.6 Å². The highest BCUT2D eigenvalue weighted by Crippen LogP contribution is 2.23. The number of nitrogens with two attached hydrogens (primary N) is 1. The molecular weight excluding hydrogens is 230 g/mol. The van der Waals surface area contributed by atoms with Crippen LogP contribution in [0.5, 0.6) is 0 Å². The second-order valence-corrected chi connectivity index (χ2v) is 5.50. The van der Waals surface area contributed by atoms with Gasteiger partial charge >= 0.3 is 0 Å².